The number of carbonyl (C=O) groups excluding carboxylic acids is 1. The number of hydrazone groups is 1. The van der Waals surface area contributed by atoms with E-state index in [2.05, 4.69) is 26.5 Å². The van der Waals surface area contributed by atoms with Crippen molar-refractivity contribution < 1.29 is 19.1 Å². The van der Waals surface area contributed by atoms with E-state index in [1.54, 1.807) is 38.1 Å². The van der Waals surface area contributed by atoms with Crippen LogP contribution in [-0.4, -0.2) is 24.3 Å². The van der Waals surface area contributed by atoms with E-state index in [9.17, 15) is 9.90 Å². The Morgan fingerprint density at radius 2 is 1.92 bits per heavy atom. The first-order valence-corrected chi connectivity index (χ1v) is 8.59. The topological polar surface area (TPSA) is 84.1 Å². The largest absolute Gasteiger partial charge is 0.507 e. The van der Waals surface area contributed by atoms with Crippen LogP contribution >= 0.6 is 15.9 Å². The number of halogens is 1. The average Bonchev–Trinajstić information content (AvgIpc) is 3.02. The van der Waals surface area contributed by atoms with E-state index in [1.165, 1.54) is 13.3 Å². The van der Waals surface area contributed by atoms with Crippen LogP contribution in [0.25, 0.3) is 11.0 Å². The molecule has 0 spiro atoms. The lowest BCUT2D eigenvalue weighted by Crippen LogP contribution is -2.16. The molecule has 0 fully saturated rings. The van der Waals surface area contributed by atoms with Crippen LogP contribution in [0.15, 0.2) is 44.3 Å². The van der Waals surface area contributed by atoms with Gasteiger partial charge in [-0.05, 0) is 60.9 Å². The molecule has 1 aromatic heterocycles. The number of phenolic OH excluding ortho intramolecular Hbond substituents is 1. The second kappa shape index (κ2) is 7.21. The fraction of sp³-hybridized carbons (Fsp3) is 0.158. The summed E-state index contributed by atoms with van der Waals surface area (Å²) >= 11 is 3.39. The SMILES string of the molecule is COc1cc(Br)cc2cc(C(=O)N/N=C\c3cc(C)c(O)c(C)c3)oc12. The number of hydrogen-bond donors (Lipinski definition) is 2. The number of aromatic hydroxyl groups is 1. The van der Waals surface area contributed by atoms with Crippen molar-refractivity contribution in [3.8, 4) is 11.5 Å². The minimum Gasteiger partial charge on any atom is -0.507 e. The number of amides is 1. The predicted molar refractivity (Wildman–Crippen MR) is 103 cm³/mol. The highest BCUT2D eigenvalue weighted by atomic mass is 79.9. The van der Waals surface area contributed by atoms with Crippen LogP contribution in [0.2, 0.25) is 0 Å². The number of ether oxygens (including phenoxy) is 1. The summed E-state index contributed by atoms with van der Waals surface area (Å²) in [4.78, 5) is 12.3. The number of nitrogens with zero attached hydrogens (tertiary/aromatic N) is 1. The quantitative estimate of drug-likeness (QED) is 0.490. The predicted octanol–water partition coefficient (Wildman–Crippen LogP) is 4.29. The first kappa shape index (κ1) is 18.0. The maximum Gasteiger partial charge on any atom is 0.307 e. The summed E-state index contributed by atoms with van der Waals surface area (Å²) in [6.45, 7) is 3.61. The standard InChI is InChI=1S/C19H17BrN2O4/c1-10-4-12(5-11(2)17(10)23)9-21-22-19(24)16-7-13-6-14(20)8-15(25-3)18(13)26-16/h4-9,23H,1-3H3,(H,22,24)/b21-9-. The number of aryl methyl sites for hydroxylation is 2. The van der Waals surface area contributed by atoms with Crippen LogP contribution in [-0.2, 0) is 0 Å². The normalized spacial score (nSPS) is 11.2. The Hall–Kier alpha value is -2.80. The van der Waals surface area contributed by atoms with Gasteiger partial charge in [0.05, 0.1) is 13.3 Å². The Morgan fingerprint density at radius 1 is 1.23 bits per heavy atom. The van der Waals surface area contributed by atoms with Crippen molar-refractivity contribution >= 4 is 39.0 Å². The van der Waals surface area contributed by atoms with Crippen LogP contribution in [0.4, 0.5) is 0 Å². The van der Waals surface area contributed by atoms with Crippen LogP contribution < -0.4 is 10.2 Å². The molecule has 26 heavy (non-hydrogen) atoms. The molecule has 2 N–H and O–H groups in total. The number of nitrogens with one attached hydrogen (secondary N) is 1. The third-order valence-electron chi connectivity index (χ3n) is 3.88. The van der Waals surface area contributed by atoms with Crippen LogP contribution in [0.3, 0.4) is 0 Å². The lowest BCUT2D eigenvalue weighted by atomic mass is 10.1. The van der Waals surface area contributed by atoms with Crippen LogP contribution in [0, 0.1) is 13.8 Å². The number of rotatable bonds is 4. The molecule has 1 amide bonds. The maximum atomic E-state index is 12.3. The fourth-order valence-corrected chi connectivity index (χ4v) is 3.09. The van der Waals surface area contributed by atoms with Gasteiger partial charge >= 0.3 is 5.91 Å². The molecule has 1 heterocycles. The van der Waals surface area contributed by atoms with Gasteiger partial charge in [-0.2, -0.15) is 5.10 Å². The van der Waals surface area contributed by atoms with Crippen molar-refractivity contribution in [2.75, 3.05) is 7.11 Å². The molecule has 0 saturated carbocycles. The number of fused-ring (bicyclic) bond motifs is 1. The van der Waals surface area contributed by atoms with E-state index in [4.69, 9.17) is 9.15 Å². The highest BCUT2D eigenvalue weighted by Crippen LogP contribution is 2.32. The number of methoxy groups -OCH3 is 1. The van der Waals surface area contributed by atoms with Crippen molar-refractivity contribution in [2.45, 2.75) is 13.8 Å². The Bertz CT molecular complexity index is 1000. The highest BCUT2D eigenvalue weighted by Gasteiger charge is 2.15. The minimum absolute atomic E-state index is 0.131. The average molecular weight is 417 g/mol. The molecule has 134 valence electrons. The van der Waals surface area contributed by atoms with E-state index < -0.39 is 5.91 Å². The molecule has 0 radical (unpaired) electrons. The molecule has 0 aliphatic carbocycles. The molecule has 0 saturated heterocycles. The first-order valence-electron chi connectivity index (χ1n) is 7.79. The molecule has 2 aromatic carbocycles. The van der Waals surface area contributed by atoms with Crippen molar-refractivity contribution in [3.05, 3.63) is 57.3 Å². The van der Waals surface area contributed by atoms with Crippen molar-refractivity contribution in [3.63, 3.8) is 0 Å². The summed E-state index contributed by atoms with van der Waals surface area (Å²) in [5, 5.41) is 14.5. The molecular formula is C19H17BrN2O4. The van der Waals surface area contributed by atoms with Gasteiger partial charge in [-0.15, -0.1) is 0 Å². The number of carbonyl (C=O) groups is 1. The third kappa shape index (κ3) is 3.57. The Balaban J connectivity index is 1.79. The van der Waals surface area contributed by atoms with Gasteiger partial charge in [-0.1, -0.05) is 15.9 Å². The van der Waals surface area contributed by atoms with E-state index in [1.807, 2.05) is 6.07 Å². The highest BCUT2D eigenvalue weighted by molar-refractivity contribution is 9.10. The Morgan fingerprint density at radius 3 is 2.58 bits per heavy atom. The lowest BCUT2D eigenvalue weighted by molar-refractivity contribution is 0.0929. The van der Waals surface area contributed by atoms with E-state index in [-0.39, 0.29) is 11.5 Å². The number of furan rings is 1. The molecule has 0 aliphatic heterocycles. The Kier molecular flexibility index (Phi) is 4.99. The fourth-order valence-electron chi connectivity index (χ4n) is 2.63. The lowest BCUT2D eigenvalue weighted by Gasteiger charge is -2.04. The summed E-state index contributed by atoms with van der Waals surface area (Å²) in [6.07, 6.45) is 1.51. The molecule has 6 nitrogen and oxygen atoms in total. The number of phenols is 1. The summed E-state index contributed by atoms with van der Waals surface area (Å²) in [5.41, 5.74) is 5.19. The summed E-state index contributed by atoms with van der Waals surface area (Å²) < 4.78 is 11.7. The molecule has 0 unspecified atom stereocenters. The zero-order valence-electron chi connectivity index (χ0n) is 14.5. The van der Waals surface area contributed by atoms with E-state index in [0.717, 1.165) is 26.5 Å². The van der Waals surface area contributed by atoms with Gasteiger partial charge in [0.2, 0.25) is 0 Å². The first-order chi connectivity index (χ1) is 12.4. The summed E-state index contributed by atoms with van der Waals surface area (Å²) in [5.74, 6) is 0.454. The molecular weight excluding hydrogens is 400 g/mol. The number of benzene rings is 2. The van der Waals surface area contributed by atoms with Gasteiger partial charge in [0.1, 0.15) is 5.75 Å². The third-order valence-corrected chi connectivity index (χ3v) is 4.34. The molecule has 0 atom stereocenters. The van der Waals surface area contributed by atoms with Gasteiger partial charge in [-0.25, -0.2) is 5.43 Å². The van der Waals surface area contributed by atoms with Crippen molar-refractivity contribution in [2.24, 2.45) is 5.10 Å². The van der Waals surface area contributed by atoms with E-state index >= 15 is 0 Å². The number of hydrogen-bond acceptors (Lipinski definition) is 5. The van der Waals surface area contributed by atoms with Crippen molar-refractivity contribution in [1.29, 1.82) is 0 Å². The second-order valence-electron chi connectivity index (χ2n) is 5.84. The summed E-state index contributed by atoms with van der Waals surface area (Å²) in [7, 11) is 1.54. The maximum absolute atomic E-state index is 12.3. The van der Waals surface area contributed by atoms with Crippen molar-refractivity contribution in [1.82, 2.24) is 5.43 Å². The Labute approximate surface area is 158 Å². The smallest absolute Gasteiger partial charge is 0.307 e. The second-order valence-corrected chi connectivity index (χ2v) is 6.76. The monoisotopic (exact) mass is 416 g/mol. The van der Waals surface area contributed by atoms with Gasteiger partial charge in [0, 0.05) is 9.86 Å². The van der Waals surface area contributed by atoms with Gasteiger partial charge < -0.3 is 14.3 Å². The zero-order valence-corrected chi connectivity index (χ0v) is 16.0. The molecule has 3 aromatic rings. The zero-order chi connectivity index (χ0) is 18.8. The van der Waals surface area contributed by atoms with Crippen LogP contribution in [0.5, 0.6) is 11.5 Å². The van der Waals surface area contributed by atoms with E-state index in [0.29, 0.717) is 11.3 Å². The minimum atomic E-state index is -0.470. The molecule has 3 rings (SSSR count). The molecule has 0 aliphatic rings. The summed E-state index contributed by atoms with van der Waals surface area (Å²) in [6, 6.07) is 8.79. The molecule has 0 bridgehead atoms. The van der Waals surface area contributed by atoms with Gasteiger partial charge in [-0.3, -0.25) is 4.79 Å². The van der Waals surface area contributed by atoms with Gasteiger partial charge in [0.25, 0.3) is 0 Å². The van der Waals surface area contributed by atoms with Crippen LogP contribution in [0.1, 0.15) is 27.2 Å². The van der Waals surface area contributed by atoms with Gasteiger partial charge in [0.15, 0.2) is 17.1 Å². The molecule has 7 heteroatoms.